The Morgan fingerprint density at radius 1 is 1.06 bits per heavy atom. The second-order valence-electron chi connectivity index (χ2n) is 8.74. The molecule has 2 aliphatic heterocycles. The molecule has 1 spiro atoms. The molecule has 3 aromatic rings. The van der Waals surface area contributed by atoms with Gasteiger partial charge in [0, 0.05) is 42.4 Å². The summed E-state index contributed by atoms with van der Waals surface area (Å²) < 4.78 is 7.52. The number of fused-ring (bicyclic) bond motifs is 2. The van der Waals surface area contributed by atoms with Crippen LogP contribution in [0.2, 0.25) is 0 Å². The van der Waals surface area contributed by atoms with E-state index < -0.39 is 5.91 Å². The molecule has 33 heavy (non-hydrogen) atoms. The molecule has 8 nitrogen and oxygen atoms in total. The van der Waals surface area contributed by atoms with E-state index in [0.29, 0.717) is 24.4 Å². The number of anilines is 1. The number of methoxy groups -OCH3 is 1. The zero-order valence-electron chi connectivity index (χ0n) is 18.6. The Kier molecular flexibility index (Phi) is 5.28. The van der Waals surface area contributed by atoms with Gasteiger partial charge in [-0.3, -0.25) is 4.79 Å². The number of benzene rings is 2. The molecule has 8 heteroatoms. The summed E-state index contributed by atoms with van der Waals surface area (Å²) in [5.41, 5.74) is 8.65. The zero-order chi connectivity index (χ0) is 23.0. The van der Waals surface area contributed by atoms with Crippen molar-refractivity contribution in [3.05, 3.63) is 66.1 Å². The number of rotatable bonds is 4. The van der Waals surface area contributed by atoms with Gasteiger partial charge in [-0.25, -0.2) is 9.78 Å². The number of nitrogens with one attached hydrogen (secondary N) is 1. The normalized spacial score (nSPS) is 16.5. The monoisotopic (exact) mass is 445 g/mol. The van der Waals surface area contributed by atoms with Crippen molar-refractivity contribution < 1.29 is 14.3 Å². The Morgan fingerprint density at radius 2 is 1.79 bits per heavy atom. The van der Waals surface area contributed by atoms with Crippen molar-refractivity contribution in [3.8, 4) is 17.0 Å². The van der Waals surface area contributed by atoms with Gasteiger partial charge in [-0.2, -0.15) is 0 Å². The summed E-state index contributed by atoms with van der Waals surface area (Å²) >= 11 is 0. The van der Waals surface area contributed by atoms with Gasteiger partial charge in [0.25, 0.3) is 0 Å². The van der Waals surface area contributed by atoms with E-state index in [9.17, 15) is 9.59 Å². The summed E-state index contributed by atoms with van der Waals surface area (Å²) in [7, 11) is 1.61. The van der Waals surface area contributed by atoms with Crippen molar-refractivity contribution in [2.45, 2.75) is 31.2 Å². The fourth-order valence-corrected chi connectivity index (χ4v) is 5.01. The molecule has 0 atom stereocenters. The first-order valence-electron chi connectivity index (χ1n) is 11.2. The number of ether oxygens (including phenoxy) is 1. The number of imidazole rings is 1. The molecule has 2 aliphatic rings. The molecule has 0 saturated carbocycles. The van der Waals surface area contributed by atoms with Crippen LogP contribution < -0.4 is 15.8 Å². The number of piperidine rings is 1. The molecule has 0 radical (unpaired) electrons. The predicted octanol–water partition coefficient (Wildman–Crippen LogP) is 3.63. The number of urea groups is 1. The van der Waals surface area contributed by atoms with E-state index in [0.717, 1.165) is 48.6 Å². The van der Waals surface area contributed by atoms with Crippen molar-refractivity contribution in [3.63, 3.8) is 0 Å². The van der Waals surface area contributed by atoms with Crippen LogP contribution in [-0.2, 0) is 12.0 Å². The molecule has 0 unspecified atom stereocenters. The first-order chi connectivity index (χ1) is 16.0. The molecule has 5 rings (SSSR count). The van der Waals surface area contributed by atoms with Gasteiger partial charge in [0.1, 0.15) is 11.6 Å². The van der Waals surface area contributed by atoms with E-state index in [4.69, 9.17) is 15.5 Å². The topological polar surface area (TPSA) is 102 Å². The molecule has 1 saturated heterocycles. The maximum Gasteiger partial charge on any atom is 0.321 e. The highest BCUT2D eigenvalue weighted by atomic mass is 16.5. The van der Waals surface area contributed by atoms with Gasteiger partial charge in [-0.15, -0.1) is 0 Å². The van der Waals surface area contributed by atoms with Gasteiger partial charge in [0.2, 0.25) is 5.91 Å². The van der Waals surface area contributed by atoms with Crippen LogP contribution in [0.4, 0.5) is 10.5 Å². The SMILES string of the molecule is COc1cccc(NC(=O)N2CCC3(CC2)CCn2c(-c4ccc(C(N)=O)cc4)cnc23)c1. The number of nitrogens with zero attached hydrogens (tertiary/aromatic N) is 3. The van der Waals surface area contributed by atoms with Crippen LogP contribution in [-0.4, -0.2) is 46.6 Å². The van der Waals surface area contributed by atoms with Crippen molar-refractivity contribution in [1.82, 2.24) is 14.5 Å². The van der Waals surface area contributed by atoms with Crippen LogP contribution in [0, 0.1) is 0 Å². The van der Waals surface area contributed by atoms with E-state index >= 15 is 0 Å². The van der Waals surface area contributed by atoms with Crippen molar-refractivity contribution >= 4 is 17.6 Å². The van der Waals surface area contributed by atoms with Crippen LogP contribution in [0.1, 0.15) is 35.4 Å². The van der Waals surface area contributed by atoms with Gasteiger partial charge >= 0.3 is 6.03 Å². The molecule has 0 aliphatic carbocycles. The molecule has 3 N–H and O–H groups in total. The third-order valence-corrected chi connectivity index (χ3v) is 6.94. The minimum atomic E-state index is -0.429. The number of aromatic nitrogens is 2. The summed E-state index contributed by atoms with van der Waals surface area (Å²) in [6, 6.07) is 14.6. The summed E-state index contributed by atoms with van der Waals surface area (Å²) in [5.74, 6) is 1.38. The van der Waals surface area contributed by atoms with Crippen LogP contribution >= 0.6 is 0 Å². The second kappa shape index (κ2) is 8.27. The highest BCUT2D eigenvalue weighted by molar-refractivity contribution is 5.93. The minimum Gasteiger partial charge on any atom is -0.497 e. The number of carbonyl (C=O) groups is 2. The summed E-state index contributed by atoms with van der Waals surface area (Å²) in [4.78, 5) is 30.8. The largest absolute Gasteiger partial charge is 0.497 e. The quantitative estimate of drug-likeness (QED) is 0.640. The highest BCUT2D eigenvalue weighted by Gasteiger charge is 2.44. The van der Waals surface area contributed by atoms with E-state index in [1.807, 2.05) is 47.5 Å². The van der Waals surface area contributed by atoms with Gasteiger partial charge in [-0.05, 0) is 49.1 Å². The van der Waals surface area contributed by atoms with E-state index in [-0.39, 0.29) is 11.4 Å². The standard InChI is InChI=1S/C25H27N5O3/c1-33-20-4-2-3-19(15-20)28-24(32)29-12-9-25(10-13-29)11-14-30-21(16-27-23(25)30)17-5-7-18(8-6-17)22(26)31/h2-8,15-16H,9-14H2,1H3,(H2,26,31)(H,28,32). The lowest BCUT2D eigenvalue weighted by atomic mass is 9.77. The van der Waals surface area contributed by atoms with E-state index in [1.165, 1.54) is 0 Å². The number of hydrogen-bond acceptors (Lipinski definition) is 4. The molecule has 170 valence electrons. The Balaban J connectivity index is 1.28. The Bertz CT molecular complexity index is 1190. The smallest absolute Gasteiger partial charge is 0.321 e. The lowest BCUT2D eigenvalue weighted by molar-refractivity contribution is 0.1000. The number of carbonyl (C=O) groups excluding carboxylic acids is 2. The molecule has 0 bridgehead atoms. The third-order valence-electron chi connectivity index (χ3n) is 6.94. The highest BCUT2D eigenvalue weighted by Crippen LogP contribution is 2.44. The Labute approximate surface area is 192 Å². The minimum absolute atomic E-state index is 0.00182. The van der Waals surface area contributed by atoms with E-state index in [1.54, 1.807) is 19.2 Å². The molecule has 3 amide bonds. The molecular weight excluding hydrogens is 418 g/mol. The van der Waals surface area contributed by atoms with Crippen LogP contribution in [0.3, 0.4) is 0 Å². The summed E-state index contributed by atoms with van der Waals surface area (Å²) in [6.07, 6.45) is 4.70. The lowest BCUT2D eigenvalue weighted by Crippen LogP contribution is -2.46. The average Bonchev–Trinajstić information content (AvgIpc) is 3.41. The molecule has 3 heterocycles. The first kappa shape index (κ1) is 21.1. The van der Waals surface area contributed by atoms with Gasteiger partial charge in [0.15, 0.2) is 0 Å². The number of likely N-dealkylation sites (tertiary alicyclic amines) is 1. The maximum atomic E-state index is 12.8. The zero-order valence-corrected chi connectivity index (χ0v) is 18.6. The Hall–Kier alpha value is -3.81. The molecule has 1 aromatic heterocycles. The lowest BCUT2D eigenvalue weighted by Gasteiger charge is -2.38. The van der Waals surface area contributed by atoms with Gasteiger partial charge in [-0.1, -0.05) is 18.2 Å². The van der Waals surface area contributed by atoms with Crippen LogP contribution in [0.15, 0.2) is 54.7 Å². The molecular formula is C25H27N5O3. The number of nitrogens with two attached hydrogens (primary N) is 1. The number of primary amides is 1. The summed E-state index contributed by atoms with van der Waals surface area (Å²) in [6.45, 7) is 2.27. The van der Waals surface area contributed by atoms with E-state index in [2.05, 4.69) is 9.88 Å². The number of hydrogen-bond donors (Lipinski definition) is 2. The first-order valence-corrected chi connectivity index (χ1v) is 11.2. The van der Waals surface area contributed by atoms with Gasteiger partial charge in [0.05, 0.1) is 19.0 Å². The number of amides is 3. The van der Waals surface area contributed by atoms with Crippen molar-refractivity contribution in [1.29, 1.82) is 0 Å². The predicted molar refractivity (Wildman–Crippen MR) is 125 cm³/mol. The maximum absolute atomic E-state index is 12.8. The fourth-order valence-electron chi connectivity index (χ4n) is 5.01. The van der Waals surface area contributed by atoms with Crippen molar-refractivity contribution in [2.75, 3.05) is 25.5 Å². The van der Waals surface area contributed by atoms with Crippen LogP contribution in [0.25, 0.3) is 11.3 Å². The van der Waals surface area contributed by atoms with Crippen LogP contribution in [0.5, 0.6) is 5.75 Å². The van der Waals surface area contributed by atoms with Gasteiger partial charge < -0.3 is 25.3 Å². The van der Waals surface area contributed by atoms with Crippen molar-refractivity contribution in [2.24, 2.45) is 5.73 Å². The third kappa shape index (κ3) is 3.82. The average molecular weight is 446 g/mol. The summed E-state index contributed by atoms with van der Waals surface area (Å²) in [5, 5.41) is 2.98. The molecule has 2 aromatic carbocycles. The molecule has 1 fully saturated rings. The Morgan fingerprint density at radius 3 is 2.48 bits per heavy atom. The second-order valence-corrected chi connectivity index (χ2v) is 8.74. The fraction of sp³-hybridized carbons (Fsp3) is 0.320.